The first-order chi connectivity index (χ1) is 13.6. The maximum atomic E-state index is 12.7. The number of hydrogen-bond donors (Lipinski definition) is 1. The number of aromatic nitrogens is 2. The average Bonchev–Trinajstić information content (AvgIpc) is 3.23. The van der Waals surface area contributed by atoms with Crippen molar-refractivity contribution in [2.45, 2.75) is 19.8 Å². The minimum atomic E-state index is -0.349. The van der Waals surface area contributed by atoms with Crippen LogP contribution >= 0.6 is 0 Å². The first-order valence-electron chi connectivity index (χ1n) is 9.44. The summed E-state index contributed by atoms with van der Waals surface area (Å²) in [6, 6.07) is 17.8. The molecule has 2 heterocycles. The van der Waals surface area contributed by atoms with E-state index >= 15 is 0 Å². The maximum absolute atomic E-state index is 12.7. The largest absolute Gasteiger partial charge is 0.371 e. The third-order valence-corrected chi connectivity index (χ3v) is 4.94. The van der Waals surface area contributed by atoms with Crippen molar-refractivity contribution in [1.82, 2.24) is 9.78 Å². The molecule has 0 saturated carbocycles. The standard InChI is InChI=1S/C22H22N4O2/c1-16-15-17(9-11-20(16)25-13-5-6-14-25)23-22(28)19-10-12-21(27)26(24-19)18-7-3-2-4-8-18/h2-4,7-12,15H,5-6,13-14H2,1H3,(H,23,28). The first kappa shape index (κ1) is 18.0. The van der Waals surface area contributed by atoms with Crippen LogP contribution in [0.4, 0.5) is 11.4 Å². The van der Waals surface area contributed by atoms with Gasteiger partial charge in [0, 0.05) is 30.5 Å². The van der Waals surface area contributed by atoms with Crippen LogP contribution < -0.4 is 15.8 Å². The van der Waals surface area contributed by atoms with E-state index in [1.807, 2.05) is 30.3 Å². The molecule has 1 aliphatic heterocycles. The first-order valence-corrected chi connectivity index (χ1v) is 9.44. The zero-order chi connectivity index (χ0) is 19.5. The van der Waals surface area contributed by atoms with Gasteiger partial charge < -0.3 is 10.2 Å². The highest BCUT2D eigenvalue weighted by atomic mass is 16.2. The number of hydrogen-bond acceptors (Lipinski definition) is 4. The molecule has 0 unspecified atom stereocenters. The smallest absolute Gasteiger partial charge is 0.276 e. The molecule has 4 rings (SSSR count). The number of anilines is 2. The molecule has 2 aromatic carbocycles. The minimum absolute atomic E-state index is 0.185. The molecule has 1 N–H and O–H groups in total. The summed E-state index contributed by atoms with van der Waals surface area (Å²) in [4.78, 5) is 27.2. The second-order valence-corrected chi connectivity index (χ2v) is 6.95. The molecule has 6 heteroatoms. The van der Waals surface area contributed by atoms with Gasteiger partial charge in [-0.25, -0.2) is 0 Å². The van der Waals surface area contributed by atoms with E-state index in [-0.39, 0.29) is 17.2 Å². The average molecular weight is 374 g/mol. The summed E-state index contributed by atoms with van der Waals surface area (Å²) in [7, 11) is 0. The summed E-state index contributed by atoms with van der Waals surface area (Å²) in [5.41, 5.74) is 3.57. The number of benzene rings is 2. The van der Waals surface area contributed by atoms with Crippen LogP contribution in [0.3, 0.4) is 0 Å². The van der Waals surface area contributed by atoms with E-state index < -0.39 is 0 Å². The summed E-state index contributed by atoms with van der Waals surface area (Å²) in [6.07, 6.45) is 2.45. The Bertz CT molecular complexity index is 1050. The number of nitrogens with one attached hydrogen (secondary N) is 1. The van der Waals surface area contributed by atoms with Crippen LogP contribution in [0.25, 0.3) is 5.69 Å². The Morgan fingerprint density at radius 2 is 1.75 bits per heavy atom. The Labute approximate surface area is 163 Å². The van der Waals surface area contributed by atoms with Crippen LogP contribution in [0.1, 0.15) is 28.9 Å². The number of aryl methyl sites for hydroxylation is 1. The summed E-state index contributed by atoms with van der Waals surface area (Å²) < 4.78 is 1.23. The lowest BCUT2D eigenvalue weighted by Gasteiger charge is -2.20. The molecule has 1 amide bonds. The fourth-order valence-corrected chi connectivity index (χ4v) is 3.53. The lowest BCUT2D eigenvalue weighted by atomic mass is 10.1. The van der Waals surface area contributed by atoms with Gasteiger partial charge in [0.25, 0.3) is 11.5 Å². The third-order valence-electron chi connectivity index (χ3n) is 4.94. The summed E-state index contributed by atoms with van der Waals surface area (Å²) in [6.45, 7) is 4.21. The highest BCUT2D eigenvalue weighted by molar-refractivity contribution is 6.02. The van der Waals surface area contributed by atoms with Crippen molar-refractivity contribution in [3.8, 4) is 5.69 Å². The predicted octanol–water partition coefficient (Wildman–Crippen LogP) is 3.39. The molecule has 1 aliphatic rings. The van der Waals surface area contributed by atoms with Gasteiger partial charge in [-0.3, -0.25) is 9.59 Å². The predicted molar refractivity (Wildman–Crippen MR) is 110 cm³/mol. The topological polar surface area (TPSA) is 67.2 Å². The van der Waals surface area contributed by atoms with Crippen molar-refractivity contribution < 1.29 is 4.79 Å². The van der Waals surface area contributed by atoms with Gasteiger partial charge in [0.2, 0.25) is 0 Å². The normalized spacial score (nSPS) is 13.5. The number of nitrogens with zero attached hydrogens (tertiary/aromatic N) is 3. The van der Waals surface area contributed by atoms with Gasteiger partial charge >= 0.3 is 0 Å². The van der Waals surface area contributed by atoms with E-state index in [0.717, 1.165) is 18.7 Å². The van der Waals surface area contributed by atoms with Crippen LogP contribution in [-0.4, -0.2) is 28.8 Å². The zero-order valence-electron chi connectivity index (χ0n) is 15.8. The second kappa shape index (κ2) is 7.68. The molecule has 1 aromatic heterocycles. The number of para-hydroxylation sites is 1. The number of amides is 1. The quantitative estimate of drug-likeness (QED) is 0.760. The lowest BCUT2D eigenvalue weighted by Crippen LogP contribution is -2.25. The highest BCUT2D eigenvalue weighted by Gasteiger charge is 2.16. The van der Waals surface area contributed by atoms with Crippen molar-refractivity contribution in [3.63, 3.8) is 0 Å². The number of carbonyl (C=O) groups excluding carboxylic acids is 1. The van der Waals surface area contributed by atoms with E-state index in [0.29, 0.717) is 11.4 Å². The van der Waals surface area contributed by atoms with Gasteiger partial charge in [0.15, 0.2) is 0 Å². The van der Waals surface area contributed by atoms with E-state index in [9.17, 15) is 9.59 Å². The molecule has 0 atom stereocenters. The molecule has 0 bridgehead atoms. The van der Waals surface area contributed by atoms with E-state index in [1.54, 1.807) is 12.1 Å². The molecule has 1 fully saturated rings. The van der Waals surface area contributed by atoms with Gasteiger partial charge in [-0.05, 0) is 61.7 Å². The summed E-state index contributed by atoms with van der Waals surface area (Å²) >= 11 is 0. The molecule has 0 aliphatic carbocycles. The third kappa shape index (κ3) is 3.67. The molecular weight excluding hydrogens is 352 g/mol. The van der Waals surface area contributed by atoms with Crippen LogP contribution in [0.5, 0.6) is 0 Å². The Balaban J connectivity index is 1.55. The van der Waals surface area contributed by atoms with Crippen molar-refractivity contribution in [2.75, 3.05) is 23.3 Å². The fraction of sp³-hybridized carbons (Fsp3) is 0.227. The van der Waals surface area contributed by atoms with Gasteiger partial charge in [-0.15, -0.1) is 0 Å². The molecule has 1 saturated heterocycles. The number of carbonyl (C=O) groups is 1. The van der Waals surface area contributed by atoms with E-state index in [1.165, 1.54) is 35.3 Å². The van der Waals surface area contributed by atoms with Gasteiger partial charge in [0.1, 0.15) is 5.69 Å². The maximum Gasteiger partial charge on any atom is 0.276 e. The molecule has 28 heavy (non-hydrogen) atoms. The Morgan fingerprint density at radius 1 is 1.00 bits per heavy atom. The number of rotatable bonds is 4. The Hall–Kier alpha value is -3.41. The second-order valence-electron chi connectivity index (χ2n) is 6.95. The molecule has 0 radical (unpaired) electrons. The van der Waals surface area contributed by atoms with Crippen molar-refractivity contribution in [1.29, 1.82) is 0 Å². The molecule has 0 spiro atoms. The van der Waals surface area contributed by atoms with Crippen LogP contribution in [-0.2, 0) is 0 Å². The van der Waals surface area contributed by atoms with E-state index in [2.05, 4.69) is 28.3 Å². The van der Waals surface area contributed by atoms with Gasteiger partial charge in [-0.1, -0.05) is 18.2 Å². The SMILES string of the molecule is Cc1cc(NC(=O)c2ccc(=O)n(-c3ccccc3)n2)ccc1N1CCCC1. The minimum Gasteiger partial charge on any atom is -0.371 e. The monoisotopic (exact) mass is 374 g/mol. The highest BCUT2D eigenvalue weighted by Crippen LogP contribution is 2.26. The zero-order valence-corrected chi connectivity index (χ0v) is 15.8. The van der Waals surface area contributed by atoms with Crippen molar-refractivity contribution in [3.05, 3.63) is 82.3 Å². The molecule has 142 valence electrons. The van der Waals surface area contributed by atoms with Crippen molar-refractivity contribution >= 4 is 17.3 Å². The van der Waals surface area contributed by atoms with Crippen LogP contribution in [0, 0.1) is 6.92 Å². The van der Waals surface area contributed by atoms with Gasteiger partial charge in [0.05, 0.1) is 5.69 Å². The van der Waals surface area contributed by atoms with E-state index in [4.69, 9.17) is 0 Å². The molecular formula is C22H22N4O2. The summed E-state index contributed by atoms with van der Waals surface area (Å²) in [5, 5.41) is 7.11. The van der Waals surface area contributed by atoms with Crippen molar-refractivity contribution in [2.24, 2.45) is 0 Å². The lowest BCUT2D eigenvalue weighted by molar-refractivity contribution is 0.102. The van der Waals surface area contributed by atoms with Gasteiger partial charge in [-0.2, -0.15) is 9.78 Å². The van der Waals surface area contributed by atoms with Crippen LogP contribution in [0.2, 0.25) is 0 Å². The Morgan fingerprint density at radius 3 is 2.46 bits per heavy atom. The Kier molecular flexibility index (Phi) is 4.93. The molecule has 3 aromatic rings. The van der Waals surface area contributed by atoms with Crippen LogP contribution in [0.15, 0.2) is 65.5 Å². The molecule has 6 nitrogen and oxygen atoms in total. The summed E-state index contributed by atoms with van der Waals surface area (Å²) in [5.74, 6) is -0.349. The fourth-order valence-electron chi connectivity index (χ4n) is 3.53.